The maximum absolute atomic E-state index is 11.2. The average molecular weight is 220 g/mol. The Balaban J connectivity index is 4.06. The molecular formula is C15H24O. The number of ketones is 1. The van der Waals surface area contributed by atoms with Crippen molar-refractivity contribution < 1.29 is 4.79 Å². The van der Waals surface area contributed by atoms with Gasteiger partial charge in [-0.15, -0.1) is 0 Å². The third-order valence-corrected chi connectivity index (χ3v) is 2.56. The predicted octanol–water partition coefficient (Wildman–Crippen LogP) is 4.60. The van der Waals surface area contributed by atoms with Gasteiger partial charge < -0.3 is 0 Å². The zero-order valence-corrected chi connectivity index (χ0v) is 11.0. The zero-order valence-electron chi connectivity index (χ0n) is 11.0. The van der Waals surface area contributed by atoms with E-state index in [9.17, 15) is 4.79 Å². The first-order valence-electron chi connectivity index (χ1n) is 6.10. The highest BCUT2D eigenvalue weighted by molar-refractivity contribution is 5.93. The molecule has 1 nitrogen and oxygen atoms in total. The van der Waals surface area contributed by atoms with Crippen molar-refractivity contribution in [1.82, 2.24) is 0 Å². The Morgan fingerprint density at radius 2 is 1.88 bits per heavy atom. The standard InChI is InChI=1S/C15H24O/c1-5-7-8-9-10-13(3)11-12-15(6-2)14(4)16/h6,8-10H,5,7,11-12H2,1-4H3/b9-8+,13-10+,15-6+. The van der Waals surface area contributed by atoms with Crippen LogP contribution in [0.4, 0.5) is 0 Å². The summed E-state index contributed by atoms with van der Waals surface area (Å²) < 4.78 is 0. The molecule has 0 N–H and O–H groups in total. The fourth-order valence-electron chi connectivity index (χ4n) is 1.43. The average Bonchev–Trinajstić information content (AvgIpc) is 2.25. The summed E-state index contributed by atoms with van der Waals surface area (Å²) >= 11 is 0. The number of hydrogen-bond acceptors (Lipinski definition) is 1. The SMILES string of the molecule is C/C=C(\CC/C(C)=C/C=C/CCC)C(C)=O. The van der Waals surface area contributed by atoms with Gasteiger partial charge in [0.2, 0.25) is 0 Å². The van der Waals surface area contributed by atoms with Crippen molar-refractivity contribution in [2.75, 3.05) is 0 Å². The molecule has 0 amide bonds. The number of allylic oxidation sites excluding steroid dienone is 6. The fourth-order valence-corrected chi connectivity index (χ4v) is 1.43. The van der Waals surface area contributed by atoms with Crippen LogP contribution >= 0.6 is 0 Å². The van der Waals surface area contributed by atoms with Crippen LogP contribution in [0.25, 0.3) is 0 Å². The Morgan fingerprint density at radius 3 is 2.38 bits per heavy atom. The Kier molecular flexibility index (Phi) is 8.51. The molecule has 0 unspecified atom stereocenters. The van der Waals surface area contributed by atoms with Crippen LogP contribution < -0.4 is 0 Å². The molecule has 0 aliphatic carbocycles. The van der Waals surface area contributed by atoms with Gasteiger partial charge in [0.05, 0.1) is 0 Å². The van der Waals surface area contributed by atoms with Gasteiger partial charge in [-0.2, -0.15) is 0 Å². The van der Waals surface area contributed by atoms with E-state index in [2.05, 4.69) is 32.1 Å². The number of unbranched alkanes of at least 4 members (excludes halogenated alkanes) is 1. The first-order valence-corrected chi connectivity index (χ1v) is 6.10. The molecule has 0 spiro atoms. The van der Waals surface area contributed by atoms with E-state index in [1.54, 1.807) is 6.92 Å². The van der Waals surface area contributed by atoms with Crippen molar-refractivity contribution in [2.24, 2.45) is 0 Å². The van der Waals surface area contributed by atoms with Gasteiger partial charge in [-0.25, -0.2) is 0 Å². The van der Waals surface area contributed by atoms with Crippen LogP contribution in [-0.2, 0) is 4.79 Å². The molecule has 0 aromatic rings. The van der Waals surface area contributed by atoms with Crippen LogP contribution in [0.5, 0.6) is 0 Å². The van der Waals surface area contributed by atoms with Gasteiger partial charge >= 0.3 is 0 Å². The van der Waals surface area contributed by atoms with Gasteiger partial charge in [0, 0.05) is 0 Å². The van der Waals surface area contributed by atoms with Gasteiger partial charge in [0.1, 0.15) is 0 Å². The predicted molar refractivity (Wildman–Crippen MR) is 71.5 cm³/mol. The quantitative estimate of drug-likeness (QED) is 0.452. The van der Waals surface area contributed by atoms with E-state index in [1.807, 2.05) is 13.0 Å². The molecular weight excluding hydrogens is 196 g/mol. The van der Waals surface area contributed by atoms with E-state index in [0.717, 1.165) is 24.8 Å². The topological polar surface area (TPSA) is 17.1 Å². The normalized spacial score (nSPS) is 13.5. The minimum Gasteiger partial charge on any atom is -0.295 e. The first-order chi connectivity index (χ1) is 7.61. The van der Waals surface area contributed by atoms with Crippen molar-refractivity contribution in [3.05, 3.63) is 35.5 Å². The van der Waals surface area contributed by atoms with Crippen LogP contribution in [0, 0.1) is 0 Å². The third-order valence-electron chi connectivity index (χ3n) is 2.56. The van der Waals surface area contributed by atoms with Crippen LogP contribution in [-0.4, -0.2) is 5.78 Å². The van der Waals surface area contributed by atoms with Gasteiger partial charge in [-0.1, -0.05) is 43.2 Å². The molecule has 0 radical (unpaired) electrons. The maximum Gasteiger partial charge on any atom is 0.155 e. The molecule has 0 aromatic carbocycles. The van der Waals surface area contributed by atoms with Gasteiger partial charge in [0.15, 0.2) is 5.78 Å². The van der Waals surface area contributed by atoms with Crippen LogP contribution in [0.3, 0.4) is 0 Å². The van der Waals surface area contributed by atoms with E-state index in [4.69, 9.17) is 0 Å². The summed E-state index contributed by atoms with van der Waals surface area (Å²) in [5.41, 5.74) is 2.26. The van der Waals surface area contributed by atoms with Crippen molar-refractivity contribution in [3.63, 3.8) is 0 Å². The summed E-state index contributed by atoms with van der Waals surface area (Å²) in [4.78, 5) is 11.2. The molecule has 0 heterocycles. The van der Waals surface area contributed by atoms with Crippen molar-refractivity contribution >= 4 is 5.78 Å². The highest BCUT2D eigenvalue weighted by atomic mass is 16.1. The molecule has 0 aliphatic rings. The molecule has 0 aliphatic heterocycles. The highest BCUT2D eigenvalue weighted by Crippen LogP contribution is 2.12. The number of rotatable bonds is 7. The smallest absolute Gasteiger partial charge is 0.155 e. The van der Waals surface area contributed by atoms with E-state index >= 15 is 0 Å². The maximum atomic E-state index is 11.2. The van der Waals surface area contributed by atoms with E-state index in [1.165, 1.54) is 12.0 Å². The summed E-state index contributed by atoms with van der Waals surface area (Å²) in [6.07, 6.45) is 12.5. The molecule has 0 saturated heterocycles. The molecule has 0 bridgehead atoms. The summed E-state index contributed by atoms with van der Waals surface area (Å²) in [5, 5.41) is 0. The number of Topliss-reactive ketones (excluding diaryl/α,β-unsaturated/α-hetero) is 1. The summed E-state index contributed by atoms with van der Waals surface area (Å²) in [6, 6.07) is 0. The van der Waals surface area contributed by atoms with Crippen molar-refractivity contribution in [2.45, 2.75) is 53.4 Å². The number of hydrogen-bond donors (Lipinski definition) is 0. The van der Waals surface area contributed by atoms with Crippen molar-refractivity contribution in [1.29, 1.82) is 0 Å². The molecule has 0 atom stereocenters. The van der Waals surface area contributed by atoms with E-state index in [-0.39, 0.29) is 5.78 Å². The van der Waals surface area contributed by atoms with E-state index < -0.39 is 0 Å². The molecule has 1 heteroatoms. The fraction of sp³-hybridized carbons (Fsp3) is 0.533. The molecule has 0 fully saturated rings. The lowest BCUT2D eigenvalue weighted by molar-refractivity contribution is -0.113. The Bertz CT molecular complexity index is 293. The number of carbonyl (C=O) groups excluding carboxylic acids is 1. The van der Waals surface area contributed by atoms with E-state index in [0.29, 0.717) is 0 Å². The highest BCUT2D eigenvalue weighted by Gasteiger charge is 2.01. The van der Waals surface area contributed by atoms with Gasteiger partial charge in [0.25, 0.3) is 0 Å². The lowest BCUT2D eigenvalue weighted by Crippen LogP contribution is -1.96. The third kappa shape index (κ3) is 7.22. The summed E-state index contributed by atoms with van der Waals surface area (Å²) in [5.74, 6) is 0.192. The Labute approximate surface area is 99.9 Å². The second kappa shape index (κ2) is 9.14. The Hall–Kier alpha value is -1.11. The Morgan fingerprint density at radius 1 is 1.19 bits per heavy atom. The summed E-state index contributed by atoms with van der Waals surface area (Å²) in [6.45, 7) is 7.85. The summed E-state index contributed by atoms with van der Waals surface area (Å²) in [7, 11) is 0. The second-order valence-electron chi connectivity index (χ2n) is 4.10. The van der Waals surface area contributed by atoms with Gasteiger partial charge in [-0.3, -0.25) is 4.79 Å². The molecule has 0 aromatic heterocycles. The van der Waals surface area contributed by atoms with Crippen molar-refractivity contribution in [3.8, 4) is 0 Å². The van der Waals surface area contributed by atoms with Gasteiger partial charge in [-0.05, 0) is 45.6 Å². The molecule has 90 valence electrons. The monoisotopic (exact) mass is 220 g/mol. The lowest BCUT2D eigenvalue weighted by Gasteiger charge is -2.02. The lowest BCUT2D eigenvalue weighted by atomic mass is 10.0. The number of carbonyl (C=O) groups is 1. The second-order valence-corrected chi connectivity index (χ2v) is 4.10. The first kappa shape index (κ1) is 14.9. The van der Waals surface area contributed by atoms with Crippen LogP contribution in [0.1, 0.15) is 53.4 Å². The zero-order chi connectivity index (χ0) is 12.4. The van der Waals surface area contributed by atoms with Crippen LogP contribution in [0.2, 0.25) is 0 Å². The largest absolute Gasteiger partial charge is 0.295 e. The molecule has 0 saturated carbocycles. The molecule has 0 rings (SSSR count). The molecule has 16 heavy (non-hydrogen) atoms. The minimum atomic E-state index is 0.192. The van der Waals surface area contributed by atoms with Crippen LogP contribution in [0.15, 0.2) is 35.5 Å². The minimum absolute atomic E-state index is 0.192.